The zero-order valence-corrected chi connectivity index (χ0v) is 21.0. The number of hydrogen-bond acceptors (Lipinski definition) is 5. The van der Waals surface area contributed by atoms with Crippen molar-refractivity contribution in [2.24, 2.45) is 0 Å². The predicted octanol–water partition coefficient (Wildman–Crippen LogP) is 5.50. The Hall–Kier alpha value is -1.87. The van der Waals surface area contributed by atoms with Crippen LogP contribution in [0.4, 0.5) is 10.1 Å². The molecule has 0 radical (unpaired) electrons. The monoisotopic (exact) mass is 516 g/mol. The summed E-state index contributed by atoms with van der Waals surface area (Å²) in [6.45, 7) is 5.09. The van der Waals surface area contributed by atoms with Crippen molar-refractivity contribution in [1.82, 2.24) is 4.90 Å². The minimum atomic E-state index is -3.06. The van der Waals surface area contributed by atoms with Crippen LogP contribution in [-0.4, -0.2) is 50.4 Å². The average Bonchev–Trinajstić information content (AvgIpc) is 2.70. The van der Waals surface area contributed by atoms with Gasteiger partial charge in [0.15, 0.2) is 5.75 Å². The van der Waals surface area contributed by atoms with Gasteiger partial charge in [-0.1, -0.05) is 37.0 Å². The maximum atomic E-state index is 13.9. The Bertz CT molecular complexity index is 1110. The van der Waals surface area contributed by atoms with Crippen LogP contribution in [0.5, 0.6) is 11.5 Å². The van der Waals surface area contributed by atoms with E-state index in [0.717, 1.165) is 5.56 Å². The molecule has 0 atom stereocenters. The smallest absolute Gasteiger partial charge is 0.238 e. The van der Waals surface area contributed by atoms with Gasteiger partial charge in [0.2, 0.25) is 5.91 Å². The molecular formula is C23H27Cl2FN2O4S. The maximum absolute atomic E-state index is 13.9. The molecule has 1 saturated heterocycles. The highest BCUT2D eigenvalue weighted by Crippen LogP contribution is 2.39. The molecule has 33 heavy (non-hydrogen) atoms. The highest BCUT2D eigenvalue weighted by atomic mass is 35.5. The molecule has 1 aliphatic rings. The van der Waals surface area contributed by atoms with Crippen LogP contribution in [0.1, 0.15) is 38.2 Å². The minimum absolute atomic E-state index is 0.115. The molecule has 3 rings (SSSR count). The van der Waals surface area contributed by atoms with E-state index in [2.05, 4.69) is 5.32 Å². The number of benzene rings is 2. The van der Waals surface area contributed by atoms with Gasteiger partial charge in [-0.05, 0) is 61.7 Å². The molecule has 1 amide bonds. The number of nitrogens with zero attached hydrogens (tertiary/aromatic N) is 1. The molecule has 2 aromatic carbocycles. The first kappa shape index (κ1) is 25.7. The van der Waals surface area contributed by atoms with Gasteiger partial charge in [-0.2, -0.15) is 0 Å². The zero-order valence-electron chi connectivity index (χ0n) is 18.7. The van der Waals surface area contributed by atoms with E-state index in [1.807, 2.05) is 18.7 Å². The van der Waals surface area contributed by atoms with E-state index in [4.69, 9.17) is 27.9 Å². The van der Waals surface area contributed by atoms with Gasteiger partial charge >= 0.3 is 0 Å². The quantitative estimate of drug-likeness (QED) is 0.525. The van der Waals surface area contributed by atoms with Crippen molar-refractivity contribution in [3.63, 3.8) is 0 Å². The summed E-state index contributed by atoms with van der Waals surface area (Å²) in [6, 6.07) is 7.45. The SMILES string of the molecule is CC(C)c1cc(F)cc(Oc2c(Cl)cc(NC(=O)CN3CCC(S(C)(=O)=O)CC3)cc2Cl)c1. The third kappa shape index (κ3) is 7.06. The van der Waals surface area contributed by atoms with Crippen molar-refractivity contribution in [3.8, 4) is 11.5 Å². The molecule has 180 valence electrons. The third-order valence-corrected chi connectivity index (χ3v) is 7.81. The van der Waals surface area contributed by atoms with E-state index in [1.54, 1.807) is 6.07 Å². The number of rotatable bonds is 7. The molecule has 0 saturated carbocycles. The average molecular weight is 517 g/mol. The summed E-state index contributed by atoms with van der Waals surface area (Å²) in [4.78, 5) is 14.4. The van der Waals surface area contributed by atoms with Crippen LogP contribution < -0.4 is 10.1 Å². The van der Waals surface area contributed by atoms with E-state index >= 15 is 0 Å². The first-order valence-electron chi connectivity index (χ1n) is 10.6. The Morgan fingerprint density at radius 3 is 2.30 bits per heavy atom. The molecule has 0 bridgehead atoms. The van der Waals surface area contributed by atoms with E-state index in [-0.39, 0.29) is 45.2 Å². The van der Waals surface area contributed by atoms with Gasteiger partial charge in [0, 0.05) is 18.0 Å². The van der Waals surface area contributed by atoms with Gasteiger partial charge in [-0.15, -0.1) is 0 Å². The number of hydrogen-bond donors (Lipinski definition) is 1. The lowest BCUT2D eigenvalue weighted by molar-refractivity contribution is -0.117. The normalized spacial score (nSPS) is 15.6. The highest BCUT2D eigenvalue weighted by molar-refractivity contribution is 7.91. The van der Waals surface area contributed by atoms with Crippen LogP contribution in [0, 0.1) is 5.82 Å². The van der Waals surface area contributed by atoms with E-state index < -0.39 is 15.7 Å². The standard InChI is InChI=1S/C23H27Cl2FN2O4S/c1-14(2)15-8-16(26)10-18(9-15)32-23-20(24)11-17(12-21(23)25)27-22(29)13-28-6-4-19(5-7-28)33(3,30)31/h8-12,14,19H,4-7,13H2,1-3H3,(H,27,29). The molecule has 0 aliphatic carbocycles. The number of piperidine rings is 1. The molecular weight excluding hydrogens is 490 g/mol. The van der Waals surface area contributed by atoms with Crippen LogP contribution in [0.3, 0.4) is 0 Å². The number of halogens is 3. The highest BCUT2D eigenvalue weighted by Gasteiger charge is 2.27. The fourth-order valence-corrected chi connectivity index (χ4v) is 5.35. The Balaban J connectivity index is 1.64. The topological polar surface area (TPSA) is 75.7 Å². The first-order valence-corrected chi connectivity index (χ1v) is 13.3. The van der Waals surface area contributed by atoms with E-state index in [0.29, 0.717) is 31.6 Å². The molecule has 1 fully saturated rings. The van der Waals surface area contributed by atoms with Crippen molar-refractivity contribution < 1.29 is 22.3 Å². The molecule has 1 N–H and O–H groups in total. The first-order chi connectivity index (χ1) is 15.4. The predicted molar refractivity (Wildman–Crippen MR) is 130 cm³/mol. The maximum Gasteiger partial charge on any atom is 0.238 e. The number of likely N-dealkylation sites (tertiary alicyclic amines) is 1. The van der Waals surface area contributed by atoms with Crippen molar-refractivity contribution in [2.45, 2.75) is 37.9 Å². The second-order valence-electron chi connectivity index (χ2n) is 8.60. The van der Waals surface area contributed by atoms with Gasteiger partial charge in [-0.3, -0.25) is 9.69 Å². The number of anilines is 1. The number of ether oxygens (including phenoxy) is 1. The van der Waals surface area contributed by atoms with Crippen LogP contribution in [0.2, 0.25) is 10.0 Å². The second-order valence-corrected chi connectivity index (χ2v) is 11.7. The van der Waals surface area contributed by atoms with Crippen molar-refractivity contribution >= 4 is 44.6 Å². The Labute approximate surface area is 203 Å². The Morgan fingerprint density at radius 2 is 1.76 bits per heavy atom. The summed E-state index contributed by atoms with van der Waals surface area (Å²) in [6.07, 6.45) is 2.27. The fourth-order valence-electron chi connectivity index (χ4n) is 3.72. The van der Waals surface area contributed by atoms with Gasteiger partial charge in [0.1, 0.15) is 21.4 Å². The van der Waals surface area contributed by atoms with Gasteiger partial charge in [-0.25, -0.2) is 12.8 Å². The fraction of sp³-hybridized carbons (Fsp3) is 0.435. The van der Waals surface area contributed by atoms with Crippen molar-refractivity contribution in [2.75, 3.05) is 31.2 Å². The number of carbonyl (C=O) groups excluding carboxylic acids is 1. The molecule has 2 aromatic rings. The van der Waals surface area contributed by atoms with Crippen LogP contribution in [0.25, 0.3) is 0 Å². The summed E-state index contributed by atoms with van der Waals surface area (Å²) >= 11 is 12.7. The third-order valence-electron chi connectivity index (χ3n) is 5.57. The number of nitrogens with one attached hydrogen (secondary N) is 1. The summed E-state index contributed by atoms with van der Waals surface area (Å²) in [7, 11) is -3.06. The van der Waals surface area contributed by atoms with Crippen molar-refractivity contribution in [3.05, 3.63) is 51.8 Å². The summed E-state index contributed by atoms with van der Waals surface area (Å²) in [5.41, 5.74) is 1.18. The van der Waals surface area contributed by atoms with Crippen molar-refractivity contribution in [1.29, 1.82) is 0 Å². The largest absolute Gasteiger partial charge is 0.454 e. The summed E-state index contributed by atoms with van der Waals surface area (Å²) in [5.74, 6) is -0.131. The van der Waals surface area contributed by atoms with Crippen LogP contribution in [0.15, 0.2) is 30.3 Å². The molecule has 6 nitrogen and oxygen atoms in total. The van der Waals surface area contributed by atoms with Gasteiger partial charge < -0.3 is 10.1 Å². The summed E-state index contributed by atoms with van der Waals surface area (Å²) < 4.78 is 43.0. The Kier molecular flexibility index (Phi) is 8.26. The second kappa shape index (κ2) is 10.6. The zero-order chi connectivity index (χ0) is 24.3. The number of carbonyl (C=O) groups is 1. The molecule has 0 unspecified atom stereocenters. The molecule has 1 heterocycles. The van der Waals surface area contributed by atoms with E-state index in [9.17, 15) is 17.6 Å². The molecule has 0 aromatic heterocycles. The molecule has 10 heteroatoms. The lowest BCUT2D eigenvalue weighted by atomic mass is 10.0. The number of sulfone groups is 1. The lowest BCUT2D eigenvalue weighted by Crippen LogP contribution is -2.42. The Morgan fingerprint density at radius 1 is 1.15 bits per heavy atom. The minimum Gasteiger partial charge on any atom is -0.454 e. The van der Waals surface area contributed by atoms with Gasteiger partial charge in [0.25, 0.3) is 0 Å². The lowest BCUT2D eigenvalue weighted by Gasteiger charge is -2.30. The van der Waals surface area contributed by atoms with Crippen LogP contribution in [-0.2, 0) is 14.6 Å². The number of amides is 1. The molecule has 1 aliphatic heterocycles. The summed E-state index contributed by atoms with van der Waals surface area (Å²) in [5, 5.41) is 2.74. The van der Waals surface area contributed by atoms with E-state index in [1.165, 1.54) is 30.5 Å². The van der Waals surface area contributed by atoms with Crippen LogP contribution >= 0.6 is 23.2 Å². The molecule has 0 spiro atoms. The van der Waals surface area contributed by atoms with Gasteiger partial charge in [0.05, 0.1) is 21.8 Å².